The number of carbonyl (C=O) groups excluding carboxylic acids is 2. The minimum absolute atomic E-state index is 0.178. The van der Waals surface area contributed by atoms with Gasteiger partial charge >= 0.3 is 11.9 Å². The van der Waals surface area contributed by atoms with Crippen molar-refractivity contribution in [3.8, 4) is 0 Å². The molecule has 0 radical (unpaired) electrons. The van der Waals surface area contributed by atoms with Gasteiger partial charge in [0.05, 0.1) is 11.1 Å². The summed E-state index contributed by atoms with van der Waals surface area (Å²) in [6, 6.07) is 11.9. The minimum Gasteiger partial charge on any atom is -0.478 e. The molecular formula is C18H18N2O6. The van der Waals surface area contributed by atoms with E-state index in [1.165, 1.54) is 38.1 Å². The second-order valence-corrected chi connectivity index (χ2v) is 5.13. The largest absolute Gasteiger partial charge is 0.478 e. The lowest BCUT2D eigenvalue weighted by Crippen LogP contribution is -2.06. The Morgan fingerprint density at radius 1 is 0.615 bits per heavy atom. The molecule has 0 saturated carbocycles. The molecule has 0 bridgehead atoms. The van der Waals surface area contributed by atoms with E-state index in [1.807, 2.05) is 0 Å². The number of rotatable bonds is 4. The Bertz CT molecular complexity index is 728. The number of carboxylic acids is 2. The van der Waals surface area contributed by atoms with Crippen molar-refractivity contribution in [2.24, 2.45) is 0 Å². The zero-order valence-corrected chi connectivity index (χ0v) is 14.1. The molecule has 0 unspecified atom stereocenters. The Morgan fingerprint density at radius 3 is 1.08 bits per heavy atom. The molecule has 0 heterocycles. The normalized spacial score (nSPS) is 9.31. The average Bonchev–Trinajstić information content (AvgIpc) is 2.55. The third-order valence-electron chi connectivity index (χ3n) is 2.90. The Balaban J connectivity index is 0.000000260. The van der Waals surface area contributed by atoms with Gasteiger partial charge in [-0.3, -0.25) is 9.59 Å². The summed E-state index contributed by atoms with van der Waals surface area (Å²) in [5.74, 6) is -2.31. The predicted molar refractivity (Wildman–Crippen MR) is 95.4 cm³/mol. The van der Waals surface area contributed by atoms with Crippen molar-refractivity contribution >= 4 is 35.1 Å². The fraction of sp³-hybridized carbons (Fsp3) is 0.111. The summed E-state index contributed by atoms with van der Waals surface area (Å²) in [7, 11) is 0. The molecule has 8 nitrogen and oxygen atoms in total. The molecule has 0 aliphatic carbocycles. The van der Waals surface area contributed by atoms with E-state index in [0.29, 0.717) is 11.4 Å². The van der Waals surface area contributed by atoms with E-state index in [4.69, 9.17) is 10.2 Å². The van der Waals surface area contributed by atoms with Gasteiger partial charge in [-0.15, -0.1) is 0 Å². The smallest absolute Gasteiger partial charge is 0.335 e. The molecule has 0 aromatic heterocycles. The molecule has 8 heteroatoms. The Labute approximate surface area is 149 Å². The van der Waals surface area contributed by atoms with Crippen LogP contribution in [0.15, 0.2) is 48.5 Å². The summed E-state index contributed by atoms with van der Waals surface area (Å²) >= 11 is 0. The second-order valence-electron chi connectivity index (χ2n) is 5.13. The van der Waals surface area contributed by atoms with Crippen LogP contribution in [0.4, 0.5) is 11.4 Å². The topological polar surface area (TPSA) is 133 Å². The minimum atomic E-state index is -0.977. The van der Waals surface area contributed by atoms with Gasteiger partial charge in [-0.05, 0) is 48.5 Å². The monoisotopic (exact) mass is 358 g/mol. The van der Waals surface area contributed by atoms with Crippen LogP contribution in [-0.2, 0) is 9.59 Å². The van der Waals surface area contributed by atoms with Crippen molar-refractivity contribution in [1.29, 1.82) is 0 Å². The number of hydrogen-bond donors (Lipinski definition) is 4. The molecule has 26 heavy (non-hydrogen) atoms. The number of hydrogen-bond acceptors (Lipinski definition) is 4. The van der Waals surface area contributed by atoms with Crippen LogP contribution in [0.25, 0.3) is 0 Å². The number of aromatic carboxylic acids is 2. The number of anilines is 2. The fourth-order valence-electron chi connectivity index (χ4n) is 1.80. The van der Waals surface area contributed by atoms with Crippen LogP contribution in [0.5, 0.6) is 0 Å². The van der Waals surface area contributed by atoms with E-state index in [9.17, 15) is 19.2 Å². The highest BCUT2D eigenvalue weighted by molar-refractivity contribution is 5.92. The quantitative estimate of drug-likeness (QED) is 0.664. The molecule has 0 spiro atoms. The third-order valence-corrected chi connectivity index (χ3v) is 2.90. The summed E-state index contributed by atoms with van der Waals surface area (Å²) < 4.78 is 0. The van der Waals surface area contributed by atoms with E-state index in [0.717, 1.165) is 0 Å². The molecule has 0 aliphatic heterocycles. The van der Waals surface area contributed by atoms with Crippen LogP contribution in [0.3, 0.4) is 0 Å². The summed E-state index contributed by atoms with van der Waals surface area (Å²) in [5.41, 5.74) is 1.60. The molecule has 2 rings (SSSR count). The maximum absolute atomic E-state index is 10.6. The van der Waals surface area contributed by atoms with Gasteiger partial charge < -0.3 is 20.8 Å². The first-order valence-corrected chi connectivity index (χ1v) is 7.41. The van der Waals surface area contributed by atoms with E-state index < -0.39 is 11.9 Å². The summed E-state index contributed by atoms with van der Waals surface area (Å²) in [5, 5.41) is 22.2. The van der Waals surface area contributed by atoms with E-state index >= 15 is 0 Å². The molecule has 4 N–H and O–H groups in total. The number of nitrogens with one attached hydrogen (secondary N) is 2. The molecule has 0 fully saturated rings. The van der Waals surface area contributed by atoms with Gasteiger partial charge in [-0.2, -0.15) is 0 Å². The molecular weight excluding hydrogens is 340 g/mol. The average molecular weight is 358 g/mol. The zero-order valence-electron chi connectivity index (χ0n) is 14.1. The van der Waals surface area contributed by atoms with Crippen LogP contribution in [0.1, 0.15) is 34.6 Å². The first-order chi connectivity index (χ1) is 12.2. The van der Waals surface area contributed by atoms with Crippen LogP contribution >= 0.6 is 0 Å². The molecule has 0 aliphatic rings. The maximum atomic E-state index is 10.6. The molecule has 136 valence electrons. The van der Waals surface area contributed by atoms with Crippen molar-refractivity contribution < 1.29 is 29.4 Å². The molecule has 0 atom stereocenters. The molecule has 2 amide bonds. The van der Waals surface area contributed by atoms with E-state index in [-0.39, 0.29) is 22.9 Å². The van der Waals surface area contributed by atoms with Gasteiger partial charge in [-0.1, -0.05) is 0 Å². The fourth-order valence-corrected chi connectivity index (χ4v) is 1.80. The van der Waals surface area contributed by atoms with Crippen molar-refractivity contribution in [2.45, 2.75) is 13.8 Å². The van der Waals surface area contributed by atoms with Crippen molar-refractivity contribution in [3.05, 3.63) is 59.7 Å². The van der Waals surface area contributed by atoms with Crippen LogP contribution < -0.4 is 10.6 Å². The third kappa shape index (κ3) is 7.26. The van der Waals surface area contributed by atoms with E-state index in [2.05, 4.69) is 10.6 Å². The molecule has 0 saturated heterocycles. The summed E-state index contributed by atoms with van der Waals surface area (Å²) in [6.07, 6.45) is 0. The van der Waals surface area contributed by atoms with Gasteiger partial charge in [-0.25, -0.2) is 9.59 Å². The van der Waals surface area contributed by atoms with Gasteiger partial charge in [0.25, 0.3) is 0 Å². The SMILES string of the molecule is CC(=O)Nc1ccc(C(=O)O)cc1.CC(=O)Nc1ccc(C(=O)O)cc1. The standard InChI is InChI=1S/2C9H9NO3/c2*1-6(11)10-8-4-2-7(3-5-8)9(12)13/h2*2-5H,1H3,(H,10,11)(H,12,13). The van der Waals surface area contributed by atoms with Crippen molar-refractivity contribution in [2.75, 3.05) is 10.6 Å². The maximum Gasteiger partial charge on any atom is 0.335 e. The Morgan fingerprint density at radius 2 is 0.885 bits per heavy atom. The highest BCUT2D eigenvalue weighted by Crippen LogP contribution is 2.09. The zero-order chi connectivity index (χ0) is 19.7. The van der Waals surface area contributed by atoms with Gasteiger partial charge in [0, 0.05) is 25.2 Å². The number of carbonyl (C=O) groups is 4. The number of carboxylic acid groups (broad SMARTS) is 2. The second kappa shape index (κ2) is 9.58. The lowest BCUT2D eigenvalue weighted by Gasteiger charge is -2.01. The molecule has 2 aromatic rings. The van der Waals surface area contributed by atoms with E-state index in [1.54, 1.807) is 24.3 Å². The Hall–Kier alpha value is -3.68. The summed E-state index contributed by atoms with van der Waals surface area (Å²) in [4.78, 5) is 42.1. The summed E-state index contributed by atoms with van der Waals surface area (Å²) in [6.45, 7) is 2.79. The highest BCUT2D eigenvalue weighted by atomic mass is 16.4. The number of benzene rings is 2. The first kappa shape index (κ1) is 20.4. The van der Waals surface area contributed by atoms with Crippen molar-refractivity contribution in [1.82, 2.24) is 0 Å². The van der Waals surface area contributed by atoms with Gasteiger partial charge in [0.2, 0.25) is 11.8 Å². The molecule has 2 aromatic carbocycles. The van der Waals surface area contributed by atoms with Gasteiger partial charge in [0.15, 0.2) is 0 Å². The Kier molecular flexibility index (Phi) is 7.50. The van der Waals surface area contributed by atoms with Crippen LogP contribution in [-0.4, -0.2) is 34.0 Å². The van der Waals surface area contributed by atoms with Crippen LogP contribution in [0.2, 0.25) is 0 Å². The predicted octanol–water partition coefficient (Wildman–Crippen LogP) is 2.69. The highest BCUT2D eigenvalue weighted by Gasteiger charge is 2.02. The lowest BCUT2D eigenvalue weighted by molar-refractivity contribution is -0.115. The van der Waals surface area contributed by atoms with Crippen LogP contribution in [0, 0.1) is 0 Å². The van der Waals surface area contributed by atoms with Crippen molar-refractivity contribution in [3.63, 3.8) is 0 Å². The lowest BCUT2D eigenvalue weighted by atomic mass is 10.2. The number of amides is 2. The first-order valence-electron chi connectivity index (χ1n) is 7.41. The van der Waals surface area contributed by atoms with Gasteiger partial charge in [0.1, 0.15) is 0 Å².